The van der Waals surface area contributed by atoms with E-state index >= 15 is 0 Å². The number of aliphatic hydroxyl groups is 1. The second kappa shape index (κ2) is 8.26. The van der Waals surface area contributed by atoms with Crippen molar-refractivity contribution in [2.24, 2.45) is 5.73 Å². The van der Waals surface area contributed by atoms with E-state index < -0.39 is 11.9 Å². The molecule has 0 aromatic carbocycles. The molecule has 0 aliphatic carbocycles. The Hall–Kier alpha value is -1.85. The van der Waals surface area contributed by atoms with Gasteiger partial charge in [-0.05, 0) is 27.7 Å². The number of hydrogen-bond donors (Lipinski definition) is 3. The summed E-state index contributed by atoms with van der Waals surface area (Å²) >= 11 is 0. The average Bonchev–Trinajstić information content (AvgIpc) is 3.18. The van der Waals surface area contributed by atoms with Gasteiger partial charge in [-0.15, -0.1) is 0 Å². The summed E-state index contributed by atoms with van der Waals surface area (Å²) in [6.45, 7) is 9.86. The van der Waals surface area contributed by atoms with E-state index in [1.807, 2.05) is 4.57 Å². The summed E-state index contributed by atoms with van der Waals surface area (Å²) in [5.74, 6) is -0.983. The van der Waals surface area contributed by atoms with Gasteiger partial charge in [0.15, 0.2) is 17.3 Å². The monoisotopic (exact) mass is 393 g/mol. The van der Waals surface area contributed by atoms with Gasteiger partial charge in [0, 0.05) is 25.7 Å². The van der Waals surface area contributed by atoms with E-state index in [0.717, 1.165) is 6.54 Å². The summed E-state index contributed by atoms with van der Waals surface area (Å²) in [7, 11) is 0. The van der Waals surface area contributed by atoms with Gasteiger partial charge < -0.3 is 30.6 Å². The quantitative estimate of drug-likeness (QED) is 0.534. The van der Waals surface area contributed by atoms with Crippen molar-refractivity contribution in [1.29, 1.82) is 0 Å². The number of rotatable bonds is 8. The standard InChI is InChI=1S/C18H31N7O3/c1-11(2)24(6-5-19)7-13-15(28-18(3,4)26)12(8-27-13)25-10-23-14-16(20)21-9-22-17(14)25/h9-13,15,26H,5-8,19H2,1-4H3,(H2,20,21,22)/t12?,13-,15+/m1/s1. The fourth-order valence-electron chi connectivity index (χ4n) is 3.61. The van der Waals surface area contributed by atoms with Crippen molar-refractivity contribution in [3.8, 4) is 0 Å². The minimum atomic E-state index is -1.31. The summed E-state index contributed by atoms with van der Waals surface area (Å²) in [6, 6.07) is 0.109. The molecule has 3 rings (SSSR count). The van der Waals surface area contributed by atoms with Gasteiger partial charge in [0.05, 0.1) is 25.1 Å². The molecule has 0 bridgehead atoms. The lowest BCUT2D eigenvalue weighted by Gasteiger charge is -2.34. The van der Waals surface area contributed by atoms with Crippen LogP contribution in [0.25, 0.3) is 11.2 Å². The molecule has 2 aromatic rings. The van der Waals surface area contributed by atoms with Gasteiger partial charge in [0.1, 0.15) is 17.9 Å². The van der Waals surface area contributed by atoms with Crippen LogP contribution in [0.2, 0.25) is 0 Å². The lowest BCUT2D eigenvalue weighted by atomic mass is 10.1. The van der Waals surface area contributed by atoms with Crippen molar-refractivity contribution in [2.45, 2.75) is 57.8 Å². The lowest BCUT2D eigenvalue weighted by molar-refractivity contribution is -0.221. The van der Waals surface area contributed by atoms with Crippen molar-refractivity contribution < 1.29 is 14.6 Å². The van der Waals surface area contributed by atoms with Crippen molar-refractivity contribution >= 4 is 17.0 Å². The van der Waals surface area contributed by atoms with Gasteiger partial charge in [-0.2, -0.15) is 0 Å². The van der Waals surface area contributed by atoms with Gasteiger partial charge >= 0.3 is 0 Å². The maximum Gasteiger partial charge on any atom is 0.165 e. The summed E-state index contributed by atoms with van der Waals surface area (Å²) in [5, 5.41) is 10.3. The van der Waals surface area contributed by atoms with Crippen LogP contribution in [0.3, 0.4) is 0 Å². The van der Waals surface area contributed by atoms with E-state index in [4.69, 9.17) is 20.9 Å². The number of aromatic nitrogens is 4. The van der Waals surface area contributed by atoms with Gasteiger partial charge in [-0.25, -0.2) is 15.0 Å². The number of hydrogen-bond acceptors (Lipinski definition) is 9. The van der Waals surface area contributed by atoms with Gasteiger partial charge in [-0.3, -0.25) is 4.90 Å². The average molecular weight is 393 g/mol. The Kier molecular flexibility index (Phi) is 6.15. The maximum absolute atomic E-state index is 10.3. The molecule has 28 heavy (non-hydrogen) atoms. The zero-order chi connectivity index (χ0) is 20.5. The Bertz CT molecular complexity index is 789. The molecule has 0 saturated carbocycles. The van der Waals surface area contributed by atoms with Crippen molar-refractivity contribution in [3.63, 3.8) is 0 Å². The molecule has 0 amide bonds. The minimum absolute atomic E-state index is 0.206. The van der Waals surface area contributed by atoms with Crippen LogP contribution in [0.1, 0.15) is 33.7 Å². The van der Waals surface area contributed by atoms with Crippen molar-refractivity contribution in [1.82, 2.24) is 24.4 Å². The number of imidazole rings is 1. The highest BCUT2D eigenvalue weighted by Crippen LogP contribution is 2.33. The second-order valence-corrected chi connectivity index (χ2v) is 7.93. The molecule has 1 unspecified atom stereocenters. The number of ether oxygens (including phenoxy) is 2. The molecule has 0 spiro atoms. The Morgan fingerprint density at radius 2 is 2.14 bits per heavy atom. The van der Waals surface area contributed by atoms with Crippen LogP contribution in [0.4, 0.5) is 5.82 Å². The molecule has 156 valence electrons. The van der Waals surface area contributed by atoms with Crippen molar-refractivity contribution in [2.75, 3.05) is 32.0 Å². The van der Waals surface area contributed by atoms with Gasteiger partial charge in [-0.1, -0.05) is 0 Å². The first-order valence-electron chi connectivity index (χ1n) is 9.60. The topological polar surface area (TPSA) is 138 Å². The normalized spacial score (nSPS) is 23.4. The van der Waals surface area contributed by atoms with Gasteiger partial charge in [0.2, 0.25) is 0 Å². The Morgan fingerprint density at radius 1 is 1.39 bits per heavy atom. The summed E-state index contributed by atoms with van der Waals surface area (Å²) in [6.07, 6.45) is 2.46. The summed E-state index contributed by atoms with van der Waals surface area (Å²) in [4.78, 5) is 14.9. The molecular formula is C18H31N7O3. The van der Waals surface area contributed by atoms with Crippen molar-refractivity contribution in [3.05, 3.63) is 12.7 Å². The molecule has 1 aliphatic rings. The number of nitrogens with zero attached hydrogens (tertiary/aromatic N) is 5. The first kappa shape index (κ1) is 20.9. The third-order valence-corrected chi connectivity index (χ3v) is 4.96. The van der Waals surface area contributed by atoms with E-state index in [-0.39, 0.29) is 12.1 Å². The predicted molar refractivity (Wildman–Crippen MR) is 105 cm³/mol. The first-order valence-corrected chi connectivity index (χ1v) is 9.60. The SMILES string of the molecule is CC(C)N(CCN)C[C@H]1OCC(n2cnc3c(N)ncnc32)[C@@H]1OC(C)(C)O. The fraction of sp³-hybridized carbons (Fsp3) is 0.722. The molecule has 0 radical (unpaired) electrons. The zero-order valence-electron chi connectivity index (χ0n) is 16.9. The van der Waals surface area contributed by atoms with Crippen LogP contribution < -0.4 is 11.5 Å². The molecule has 10 nitrogen and oxygen atoms in total. The second-order valence-electron chi connectivity index (χ2n) is 7.93. The van der Waals surface area contributed by atoms with Crippen LogP contribution in [-0.2, 0) is 9.47 Å². The highest BCUT2D eigenvalue weighted by atomic mass is 16.6. The van der Waals surface area contributed by atoms with Gasteiger partial charge in [0.25, 0.3) is 0 Å². The third kappa shape index (κ3) is 4.41. The Morgan fingerprint density at radius 3 is 2.79 bits per heavy atom. The van der Waals surface area contributed by atoms with Crippen LogP contribution in [0.15, 0.2) is 12.7 Å². The van der Waals surface area contributed by atoms with Crippen LogP contribution in [0, 0.1) is 0 Å². The first-order chi connectivity index (χ1) is 13.2. The highest BCUT2D eigenvalue weighted by Gasteiger charge is 2.43. The van der Waals surface area contributed by atoms with Crippen LogP contribution in [-0.4, -0.2) is 79.8 Å². The minimum Gasteiger partial charge on any atom is -0.382 e. The molecular weight excluding hydrogens is 362 g/mol. The maximum atomic E-state index is 10.3. The number of nitrogen functional groups attached to an aromatic ring is 1. The van der Waals surface area contributed by atoms with E-state index in [9.17, 15) is 5.11 Å². The lowest BCUT2D eigenvalue weighted by Crippen LogP contribution is -2.47. The Labute approximate surface area is 164 Å². The summed E-state index contributed by atoms with van der Waals surface area (Å²) in [5.41, 5.74) is 12.8. The molecule has 1 aliphatic heterocycles. The Balaban J connectivity index is 1.91. The number of fused-ring (bicyclic) bond motifs is 1. The highest BCUT2D eigenvalue weighted by molar-refractivity contribution is 5.81. The molecule has 3 heterocycles. The smallest absolute Gasteiger partial charge is 0.165 e. The molecule has 1 fully saturated rings. The molecule has 5 N–H and O–H groups in total. The summed E-state index contributed by atoms with van der Waals surface area (Å²) < 4.78 is 14.0. The zero-order valence-corrected chi connectivity index (χ0v) is 16.9. The van der Waals surface area contributed by atoms with Crippen LogP contribution >= 0.6 is 0 Å². The van der Waals surface area contributed by atoms with E-state index in [2.05, 4.69) is 33.7 Å². The fourth-order valence-corrected chi connectivity index (χ4v) is 3.61. The molecule has 1 saturated heterocycles. The van der Waals surface area contributed by atoms with E-state index in [1.54, 1.807) is 20.2 Å². The third-order valence-electron chi connectivity index (χ3n) is 4.96. The molecule has 10 heteroatoms. The predicted octanol–water partition coefficient (Wildman–Crippen LogP) is 0.131. The van der Waals surface area contributed by atoms with E-state index in [0.29, 0.717) is 42.7 Å². The van der Waals surface area contributed by atoms with E-state index in [1.165, 1.54) is 6.33 Å². The largest absolute Gasteiger partial charge is 0.382 e. The number of anilines is 1. The number of nitrogens with two attached hydrogens (primary N) is 2. The molecule has 2 aromatic heterocycles. The van der Waals surface area contributed by atoms with Crippen LogP contribution in [0.5, 0.6) is 0 Å². The molecule has 3 atom stereocenters.